The van der Waals surface area contributed by atoms with Gasteiger partial charge in [0.2, 0.25) is 0 Å². The third-order valence-corrected chi connectivity index (χ3v) is 5.47. The van der Waals surface area contributed by atoms with Crippen molar-refractivity contribution in [2.45, 2.75) is 25.2 Å². The molecule has 0 saturated heterocycles. The normalized spacial score (nSPS) is 11.2. The van der Waals surface area contributed by atoms with E-state index >= 15 is 0 Å². The molecule has 0 fully saturated rings. The molecule has 0 aliphatic carbocycles. The van der Waals surface area contributed by atoms with Gasteiger partial charge in [-0.1, -0.05) is 25.1 Å². The van der Waals surface area contributed by atoms with Crippen LogP contribution in [0.2, 0.25) is 0 Å². The van der Waals surface area contributed by atoms with E-state index in [1.165, 1.54) is 28.6 Å². The zero-order valence-corrected chi connectivity index (χ0v) is 13.8. The highest BCUT2D eigenvalue weighted by Gasteiger charge is 2.25. The summed E-state index contributed by atoms with van der Waals surface area (Å²) >= 11 is 0. The molecular weight excluding hydrogens is 316 g/mol. The van der Waals surface area contributed by atoms with Crippen molar-refractivity contribution in [3.8, 4) is 0 Å². The Morgan fingerprint density at radius 1 is 1.04 bits per heavy atom. The molecule has 0 aromatic heterocycles. The molecule has 7 heteroatoms. The molecule has 0 aliphatic heterocycles. The number of aryl methyl sites for hydroxylation is 1. The molecule has 2 rings (SSSR count). The van der Waals surface area contributed by atoms with Crippen LogP contribution in [0.4, 0.5) is 11.4 Å². The molecule has 0 N–H and O–H groups in total. The van der Waals surface area contributed by atoms with Gasteiger partial charge in [0.1, 0.15) is 0 Å². The Morgan fingerprint density at radius 3 is 2.17 bits per heavy atom. The lowest BCUT2D eigenvalue weighted by molar-refractivity contribution is -0.384. The fourth-order valence-electron chi connectivity index (χ4n) is 2.39. The minimum Gasteiger partial charge on any atom is -0.266 e. The van der Waals surface area contributed by atoms with Crippen molar-refractivity contribution in [3.63, 3.8) is 0 Å². The van der Waals surface area contributed by atoms with Crippen molar-refractivity contribution in [3.05, 3.63) is 64.2 Å². The average Bonchev–Trinajstić information content (AvgIpc) is 2.55. The van der Waals surface area contributed by atoms with Crippen LogP contribution < -0.4 is 4.31 Å². The lowest BCUT2D eigenvalue weighted by Crippen LogP contribution is -2.31. The highest BCUT2D eigenvalue weighted by Crippen LogP contribution is 2.28. The van der Waals surface area contributed by atoms with Crippen LogP contribution in [0.15, 0.2) is 53.4 Å². The van der Waals surface area contributed by atoms with E-state index in [1.54, 1.807) is 19.1 Å². The van der Waals surface area contributed by atoms with Gasteiger partial charge in [0.05, 0.1) is 15.5 Å². The smallest absolute Gasteiger partial charge is 0.266 e. The minimum atomic E-state index is -3.77. The van der Waals surface area contributed by atoms with E-state index in [0.29, 0.717) is 12.1 Å². The summed E-state index contributed by atoms with van der Waals surface area (Å²) in [6.45, 7) is 4.00. The first-order chi connectivity index (χ1) is 10.9. The summed E-state index contributed by atoms with van der Waals surface area (Å²) in [7, 11) is -3.77. The van der Waals surface area contributed by atoms with Gasteiger partial charge in [-0.05, 0) is 37.1 Å². The van der Waals surface area contributed by atoms with E-state index in [1.807, 2.05) is 19.1 Å². The molecule has 0 radical (unpaired) electrons. The quantitative estimate of drug-likeness (QED) is 0.599. The molecule has 0 bridgehead atoms. The summed E-state index contributed by atoms with van der Waals surface area (Å²) in [5, 5.41) is 10.7. The topological polar surface area (TPSA) is 80.5 Å². The second-order valence-corrected chi connectivity index (χ2v) is 6.77. The first-order valence-corrected chi connectivity index (χ1v) is 8.71. The van der Waals surface area contributed by atoms with E-state index < -0.39 is 14.9 Å². The fraction of sp³-hybridized carbons (Fsp3) is 0.250. The van der Waals surface area contributed by atoms with Crippen LogP contribution in [0.25, 0.3) is 0 Å². The van der Waals surface area contributed by atoms with Crippen molar-refractivity contribution < 1.29 is 13.3 Å². The van der Waals surface area contributed by atoms with E-state index in [0.717, 1.165) is 5.56 Å². The molecule has 2 aromatic carbocycles. The molecule has 0 amide bonds. The Balaban J connectivity index is 2.49. The predicted octanol–water partition coefficient (Wildman–Crippen LogP) is 3.37. The molecule has 122 valence electrons. The largest absolute Gasteiger partial charge is 0.269 e. The van der Waals surface area contributed by atoms with Crippen LogP contribution in [0.1, 0.15) is 19.4 Å². The molecule has 0 heterocycles. The monoisotopic (exact) mass is 334 g/mol. The number of hydrogen-bond acceptors (Lipinski definition) is 4. The summed E-state index contributed by atoms with van der Waals surface area (Å²) < 4.78 is 27.1. The van der Waals surface area contributed by atoms with Crippen molar-refractivity contribution >= 4 is 21.4 Å². The Labute approximate surface area is 135 Å². The number of rotatable bonds is 6. The lowest BCUT2D eigenvalue weighted by atomic mass is 10.1. The molecule has 23 heavy (non-hydrogen) atoms. The maximum Gasteiger partial charge on any atom is 0.269 e. The predicted molar refractivity (Wildman–Crippen MR) is 89.1 cm³/mol. The number of benzene rings is 2. The van der Waals surface area contributed by atoms with Crippen LogP contribution >= 0.6 is 0 Å². The van der Waals surface area contributed by atoms with Crippen LogP contribution in [-0.2, 0) is 16.4 Å². The summed E-state index contributed by atoms with van der Waals surface area (Å²) in [4.78, 5) is 10.2. The number of nitro groups is 1. The third kappa shape index (κ3) is 3.34. The van der Waals surface area contributed by atoms with Gasteiger partial charge in [-0.2, -0.15) is 0 Å². The number of sulfonamides is 1. The summed E-state index contributed by atoms with van der Waals surface area (Å²) in [5.74, 6) is 0. The molecular formula is C16H18N2O4S. The maximum absolute atomic E-state index is 12.9. The number of anilines is 1. The second kappa shape index (κ2) is 6.78. The highest BCUT2D eigenvalue weighted by molar-refractivity contribution is 7.92. The van der Waals surface area contributed by atoms with Gasteiger partial charge in [0.25, 0.3) is 15.7 Å². The van der Waals surface area contributed by atoms with Crippen molar-refractivity contribution in [2.75, 3.05) is 10.8 Å². The molecule has 0 atom stereocenters. The van der Waals surface area contributed by atoms with Gasteiger partial charge in [-0.15, -0.1) is 0 Å². The number of hydrogen-bond donors (Lipinski definition) is 0. The standard InChI is InChI=1S/C16H18N2O4S/c1-3-13-7-5-6-8-16(13)17(4-2)23(21,22)15-11-9-14(10-12-15)18(19)20/h5-12H,3-4H2,1-2H3. The molecule has 0 spiro atoms. The van der Waals surface area contributed by atoms with E-state index in [-0.39, 0.29) is 17.1 Å². The Bertz CT molecular complexity index is 801. The minimum absolute atomic E-state index is 0.0378. The van der Waals surface area contributed by atoms with Gasteiger partial charge in [-0.25, -0.2) is 8.42 Å². The van der Waals surface area contributed by atoms with Crippen LogP contribution in [0, 0.1) is 10.1 Å². The molecule has 2 aromatic rings. The number of para-hydroxylation sites is 1. The fourth-order valence-corrected chi connectivity index (χ4v) is 3.90. The van der Waals surface area contributed by atoms with Gasteiger partial charge >= 0.3 is 0 Å². The number of nitro benzene ring substituents is 1. The van der Waals surface area contributed by atoms with Crippen molar-refractivity contribution in [1.82, 2.24) is 0 Å². The zero-order valence-electron chi connectivity index (χ0n) is 13.0. The van der Waals surface area contributed by atoms with E-state index in [9.17, 15) is 18.5 Å². The molecule has 6 nitrogen and oxygen atoms in total. The van der Waals surface area contributed by atoms with Gasteiger partial charge in [0, 0.05) is 18.7 Å². The Morgan fingerprint density at radius 2 is 1.65 bits per heavy atom. The Hall–Kier alpha value is -2.41. The third-order valence-electron chi connectivity index (χ3n) is 3.56. The van der Waals surface area contributed by atoms with Crippen LogP contribution in [0.3, 0.4) is 0 Å². The summed E-state index contributed by atoms with van der Waals surface area (Å²) in [6.07, 6.45) is 0.711. The van der Waals surface area contributed by atoms with Crippen molar-refractivity contribution in [2.24, 2.45) is 0 Å². The SMILES string of the molecule is CCc1ccccc1N(CC)S(=O)(=O)c1ccc([N+](=O)[O-])cc1. The molecule has 0 aliphatic rings. The van der Waals surface area contributed by atoms with Gasteiger partial charge < -0.3 is 0 Å². The average molecular weight is 334 g/mol. The zero-order chi connectivity index (χ0) is 17.0. The highest BCUT2D eigenvalue weighted by atomic mass is 32.2. The van der Waals surface area contributed by atoms with Crippen molar-refractivity contribution in [1.29, 1.82) is 0 Å². The van der Waals surface area contributed by atoms with Crippen LogP contribution in [-0.4, -0.2) is 19.9 Å². The number of nitrogens with zero attached hydrogens (tertiary/aromatic N) is 2. The van der Waals surface area contributed by atoms with Crippen LogP contribution in [0.5, 0.6) is 0 Å². The lowest BCUT2D eigenvalue weighted by Gasteiger charge is -2.25. The van der Waals surface area contributed by atoms with E-state index in [4.69, 9.17) is 0 Å². The van der Waals surface area contributed by atoms with Gasteiger partial charge in [-0.3, -0.25) is 14.4 Å². The summed E-state index contributed by atoms with van der Waals surface area (Å²) in [5.41, 5.74) is 1.43. The summed E-state index contributed by atoms with van der Waals surface area (Å²) in [6, 6.07) is 12.3. The maximum atomic E-state index is 12.9. The number of non-ortho nitro benzene ring substituents is 1. The van der Waals surface area contributed by atoms with Gasteiger partial charge in [0.15, 0.2) is 0 Å². The second-order valence-electron chi connectivity index (χ2n) is 4.90. The first-order valence-electron chi connectivity index (χ1n) is 7.27. The van der Waals surface area contributed by atoms with E-state index in [2.05, 4.69) is 0 Å². The first kappa shape index (κ1) is 17.0. The molecule has 0 unspecified atom stereocenters. The molecule has 0 saturated carbocycles. The Kier molecular flexibility index (Phi) is 5.00.